The van der Waals surface area contributed by atoms with Crippen LogP contribution in [0.4, 0.5) is 16.0 Å². The van der Waals surface area contributed by atoms with Gasteiger partial charge in [0, 0.05) is 28.7 Å². The number of aromatic nitrogens is 4. The van der Waals surface area contributed by atoms with Crippen LogP contribution >= 0.6 is 11.6 Å². The van der Waals surface area contributed by atoms with E-state index < -0.39 is 0 Å². The van der Waals surface area contributed by atoms with Crippen molar-refractivity contribution in [2.24, 2.45) is 0 Å². The highest BCUT2D eigenvalue weighted by atomic mass is 35.5. The zero-order valence-electron chi connectivity index (χ0n) is 14.4. The molecule has 0 fully saturated rings. The largest absolute Gasteiger partial charge is 0.324 e. The maximum atomic E-state index is 13.1. The van der Waals surface area contributed by atoms with Crippen LogP contribution in [0, 0.1) is 12.7 Å². The lowest BCUT2D eigenvalue weighted by Crippen LogP contribution is -1.97. The minimum absolute atomic E-state index is 0.282. The molecule has 4 rings (SSSR count). The third kappa shape index (κ3) is 3.80. The highest BCUT2D eigenvalue weighted by Crippen LogP contribution is 2.24. The summed E-state index contributed by atoms with van der Waals surface area (Å²) in [5, 5.41) is 8.28. The van der Waals surface area contributed by atoms with Crippen molar-refractivity contribution in [3.63, 3.8) is 0 Å². The zero-order chi connectivity index (χ0) is 18.8. The normalized spacial score (nSPS) is 10.8. The van der Waals surface area contributed by atoms with Crippen LogP contribution in [0.2, 0.25) is 5.02 Å². The monoisotopic (exact) mass is 379 g/mol. The predicted molar refractivity (Wildman–Crippen MR) is 104 cm³/mol. The van der Waals surface area contributed by atoms with Gasteiger partial charge in [-0.2, -0.15) is 5.10 Å². The van der Waals surface area contributed by atoms with Crippen molar-refractivity contribution >= 4 is 23.2 Å². The Morgan fingerprint density at radius 2 is 1.89 bits per heavy atom. The van der Waals surface area contributed by atoms with E-state index >= 15 is 0 Å². The first-order chi connectivity index (χ1) is 13.1. The summed E-state index contributed by atoms with van der Waals surface area (Å²) in [5.74, 6) is 0.180. The minimum atomic E-state index is -0.282. The van der Waals surface area contributed by atoms with E-state index in [4.69, 9.17) is 11.6 Å². The molecule has 134 valence electrons. The van der Waals surface area contributed by atoms with Gasteiger partial charge >= 0.3 is 0 Å². The summed E-state index contributed by atoms with van der Waals surface area (Å²) >= 11 is 6.01. The van der Waals surface area contributed by atoms with Gasteiger partial charge in [0.25, 0.3) is 0 Å². The molecule has 0 spiro atoms. The summed E-state index contributed by atoms with van der Waals surface area (Å²) in [6.07, 6.45) is 3.55. The molecule has 0 saturated carbocycles. The molecule has 0 unspecified atom stereocenters. The van der Waals surface area contributed by atoms with Crippen molar-refractivity contribution in [1.29, 1.82) is 0 Å². The van der Waals surface area contributed by atoms with Crippen molar-refractivity contribution in [3.05, 3.63) is 83.5 Å². The third-order valence-electron chi connectivity index (χ3n) is 4.00. The third-order valence-corrected chi connectivity index (χ3v) is 4.24. The van der Waals surface area contributed by atoms with E-state index in [-0.39, 0.29) is 5.82 Å². The second kappa shape index (κ2) is 7.17. The number of nitrogens with zero attached hydrogens (tertiary/aromatic N) is 4. The van der Waals surface area contributed by atoms with Gasteiger partial charge < -0.3 is 5.32 Å². The predicted octanol–water partition coefficient (Wildman–Crippen LogP) is 5.17. The van der Waals surface area contributed by atoms with Gasteiger partial charge in [-0.05, 0) is 55.5 Å². The quantitative estimate of drug-likeness (QED) is 0.531. The number of hydrogen-bond acceptors (Lipinski definition) is 4. The first kappa shape index (κ1) is 17.2. The smallest absolute Gasteiger partial charge is 0.227 e. The Bertz CT molecular complexity index is 1090. The number of halogens is 2. The van der Waals surface area contributed by atoms with Crippen molar-refractivity contribution in [3.8, 4) is 16.9 Å². The zero-order valence-corrected chi connectivity index (χ0v) is 15.2. The molecule has 1 N–H and O–H groups in total. The van der Waals surface area contributed by atoms with Crippen LogP contribution in [0.3, 0.4) is 0 Å². The Balaban J connectivity index is 1.65. The van der Waals surface area contributed by atoms with Gasteiger partial charge in [-0.1, -0.05) is 17.7 Å². The molecule has 0 atom stereocenters. The van der Waals surface area contributed by atoms with Crippen LogP contribution in [0.1, 0.15) is 5.69 Å². The van der Waals surface area contributed by atoms with Gasteiger partial charge in [-0.3, -0.25) is 0 Å². The molecule has 5 nitrogen and oxygen atoms in total. The Kier molecular flexibility index (Phi) is 4.56. The van der Waals surface area contributed by atoms with Gasteiger partial charge in [0.1, 0.15) is 5.82 Å². The average molecular weight is 380 g/mol. The molecule has 2 aromatic heterocycles. The standard InChI is InChI=1S/C20H15ClFN5/c1-13-18(12-27(26-13)17-7-5-15(22)6-8-17)19-9-10-23-20(25-19)24-16-4-2-3-14(21)11-16/h2-12H,1H3,(H,23,24,25). The summed E-state index contributed by atoms with van der Waals surface area (Å²) in [4.78, 5) is 8.83. The van der Waals surface area contributed by atoms with Crippen LogP contribution in [0.15, 0.2) is 67.0 Å². The van der Waals surface area contributed by atoms with E-state index in [1.807, 2.05) is 31.3 Å². The van der Waals surface area contributed by atoms with E-state index in [1.54, 1.807) is 35.1 Å². The van der Waals surface area contributed by atoms with Crippen LogP contribution in [-0.4, -0.2) is 19.7 Å². The maximum absolute atomic E-state index is 13.1. The minimum Gasteiger partial charge on any atom is -0.324 e. The van der Waals surface area contributed by atoms with Crippen molar-refractivity contribution in [1.82, 2.24) is 19.7 Å². The molecular weight excluding hydrogens is 365 g/mol. The fourth-order valence-corrected chi connectivity index (χ4v) is 2.89. The molecule has 4 aromatic rings. The van der Waals surface area contributed by atoms with E-state index in [2.05, 4.69) is 20.4 Å². The molecule has 0 aliphatic carbocycles. The summed E-state index contributed by atoms with van der Waals surface area (Å²) < 4.78 is 14.8. The highest BCUT2D eigenvalue weighted by molar-refractivity contribution is 6.30. The molecule has 0 saturated heterocycles. The number of benzene rings is 2. The molecule has 0 bridgehead atoms. The second-order valence-electron chi connectivity index (χ2n) is 5.95. The Labute approximate surface area is 160 Å². The van der Waals surface area contributed by atoms with E-state index in [9.17, 15) is 4.39 Å². The number of anilines is 2. The van der Waals surface area contributed by atoms with Crippen molar-refractivity contribution in [2.45, 2.75) is 6.92 Å². The molecule has 0 amide bonds. The van der Waals surface area contributed by atoms with E-state index in [1.165, 1.54) is 12.1 Å². The first-order valence-corrected chi connectivity index (χ1v) is 8.64. The van der Waals surface area contributed by atoms with Gasteiger partial charge in [-0.15, -0.1) is 0 Å². The average Bonchev–Trinajstić information content (AvgIpc) is 3.04. The Morgan fingerprint density at radius 1 is 1.07 bits per heavy atom. The molecule has 0 radical (unpaired) electrons. The summed E-state index contributed by atoms with van der Waals surface area (Å²) in [5.41, 5.74) is 4.00. The highest BCUT2D eigenvalue weighted by Gasteiger charge is 2.11. The van der Waals surface area contributed by atoms with Crippen LogP contribution in [0.25, 0.3) is 16.9 Å². The first-order valence-electron chi connectivity index (χ1n) is 8.27. The molecule has 7 heteroatoms. The number of aryl methyl sites for hydroxylation is 1. The second-order valence-corrected chi connectivity index (χ2v) is 6.39. The van der Waals surface area contributed by atoms with Crippen molar-refractivity contribution in [2.75, 3.05) is 5.32 Å². The van der Waals surface area contributed by atoms with E-state index in [0.717, 1.165) is 28.3 Å². The van der Waals surface area contributed by atoms with Crippen molar-refractivity contribution < 1.29 is 4.39 Å². The summed E-state index contributed by atoms with van der Waals surface area (Å²) in [7, 11) is 0. The number of nitrogens with one attached hydrogen (secondary N) is 1. The van der Waals surface area contributed by atoms with Gasteiger partial charge in [0.2, 0.25) is 5.95 Å². The van der Waals surface area contributed by atoms with Gasteiger partial charge in [0.05, 0.1) is 17.1 Å². The Hall–Kier alpha value is -3.25. The molecular formula is C20H15ClFN5. The van der Waals surface area contributed by atoms with E-state index in [0.29, 0.717) is 11.0 Å². The fraction of sp³-hybridized carbons (Fsp3) is 0.0500. The van der Waals surface area contributed by atoms with Gasteiger partial charge in [-0.25, -0.2) is 19.0 Å². The topological polar surface area (TPSA) is 55.6 Å². The fourth-order valence-electron chi connectivity index (χ4n) is 2.70. The lowest BCUT2D eigenvalue weighted by atomic mass is 10.2. The maximum Gasteiger partial charge on any atom is 0.227 e. The molecule has 2 aromatic carbocycles. The molecule has 27 heavy (non-hydrogen) atoms. The Morgan fingerprint density at radius 3 is 2.67 bits per heavy atom. The van der Waals surface area contributed by atoms with Crippen LogP contribution in [0.5, 0.6) is 0 Å². The SMILES string of the molecule is Cc1nn(-c2ccc(F)cc2)cc1-c1ccnc(Nc2cccc(Cl)c2)n1. The lowest BCUT2D eigenvalue weighted by molar-refractivity contribution is 0.627. The number of hydrogen-bond donors (Lipinski definition) is 1. The number of rotatable bonds is 4. The molecule has 0 aliphatic heterocycles. The lowest BCUT2D eigenvalue weighted by Gasteiger charge is -2.06. The summed E-state index contributed by atoms with van der Waals surface area (Å²) in [6.45, 7) is 1.90. The molecule has 2 heterocycles. The van der Waals surface area contributed by atoms with Gasteiger partial charge in [0.15, 0.2) is 0 Å². The molecule has 0 aliphatic rings. The van der Waals surface area contributed by atoms with Crippen LogP contribution in [-0.2, 0) is 0 Å². The van der Waals surface area contributed by atoms with Crippen LogP contribution < -0.4 is 5.32 Å². The summed E-state index contributed by atoms with van der Waals surface area (Å²) in [6, 6.07) is 15.3.